The largest absolute Gasteiger partial charge is 0.315 e. The van der Waals surface area contributed by atoms with Crippen molar-refractivity contribution in [3.05, 3.63) is 59.4 Å². The molecule has 1 fully saturated rings. The summed E-state index contributed by atoms with van der Waals surface area (Å²) in [4.78, 5) is 12.1. The molecule has 2 aromatic heterocycles. The van der Waals surface area contributed by atoms with E-state index in [1.165, 1.54) is 4.70 Å². The molecule has 4 nitrogen and oxygen atoms in total. The first kappa shape index (κ1) is 14.8. The molecule has 0 amide bonds. The first-order valence-electron chi connectivity index (χ1n) is 8.13. The van der Waals surface area contributed by atoms with Crippen LogP contribution in [0.2, 0.25) is 0 Å². The van der Waals surface area contributed by atoms with Crippen LogP contribution in [0.25, 0.3) is 10.2 Å². The first-order chi connectivity index (χ1) is 11.4. The van der Waals surface area contributed by atoms with Gasteiger partial charge in [0.05, 0.1) is 15.9 Å². The van der Waals surface area contributed by atoms with Gasteiger partial charge in [0.25, 0.3) is 0 Å². The normalized spacial score (nSPS) is 17.9. The van der Waals surface area contributed by atoms with E-state index in [1.54, 1.807) is 11.3 Å². The van der Waals surface area contributed by atoms with Gasteiger partial charge in [-0.1, -0.05) is 18.2 Å². The predicted octanol–water partition coefficient (Wildman–Crippen LogP) is 3.08. The number of fused-ring (bicyclic) bond motifs is 1. The van der Waals surface area contributed by atoms with Crippen molar-refractivity contribution in [1.29, 1.82) is 0 Å². The highest BCUT2D eigenvalue weighted by Gasteiger charge is 2.27. The Bertz CT molecular complexity index is 730. The number of para-hydroxylation sites is 1. The Kier molecular flexibility index (Phi) is 4.33. The van der Waals surface area contributed by atoms with Gasteiger partial charge in [-0.05, 0) is 37.2 Å². The van der Waals surface area contributed by atoms with Crippen molar-refractivity contribution in [2.45, 2.75) is 12.5 Å². The Morgan fingerprint density at radius 2 is 1.96 bits per heavy atom. The lowest BCUT2D eigenvalue weighted by Gasteiger charge is -2.28. The van der Waals surface area contributed by atoms with E-state index < -0.39 is 0 Å². The maximum absolute atomic E-state index is 4.91. The number of pyridine rings is 1. The number of hydrogen-bond acceptors (Lipinski definition) is 5. The van der Waals surface area contributed by atoms with E-state index in [2.05, 4.69) is 51.6 Å². The fourth-order valence-electron chi connectivity index (χ4n) is 3.14. The van der Waals surface area contributed by atoms with Gasteiger partial charge in [-0.3, -0.25) is 9.88 Å². The molecule has 0 bridgehead atoms. The summed E-state index contributed by atoms with van der Waals surface area (Å²) in [6.45, 7) is 4.21. The van der Waals surface area contributed by atoms with Crippen molar-refractivity contribution in [2.75, 3.05) is 26.2 Å². The van der Waals surface area contributed by atoms with Crippen LogP contribution >= 0.6 is 11.3 Å². The zero-order chi connectivity index (χ0) is 15.5. The van der Waals surface area contributed by atoms with Gasteiger partial charge in [0.1, 0.15) is 11.0 Å². The second-order valence-corrected chi connectivity index (χ2v) is 6.88. The van der Waals surface area contributed by atoms with E-state index in [-0.39, 0.29) is 6.04 Å². The van der Waals surface area contributed by atoms with Crippen molar-refractivity contribution < 1.29 is 0 Å². The van der Waals surface area contributed by atoms with Gasteiger partial charge in [0.15, 0.2) is 0 Å². The topological polar surface area (TPSA) is 41.1 Å². The van der Waals surface area contributed by atoms with Crippen molar-refractivity contribution in [2.24, 2.45) is 0 Å². The molecule has 5 heteroatoms. The van der Waals surface area contributed by atoms with Gasteiger partial charge >= 0.3 is 0 Å². The maximum Gasteiger partial charge on any atom is 0.117 e. The molecule has 1 unspecified atom stereocenters. The number of rotatable bonds is 3. The van der Waals surface area contributed by atoms with Crippen molar-refractivity contribution in [3.8, 4) is 0 Å². The van der Waals surface area contributed by atoms with Crippen LogP contribution in [0.1, 0.15) is 23.2 Å². The van der Waals surface area contributed by atoms with Gasteiger partial charge in [0.2, 0.25) is 0 Å². The Balaban J connectivity index is 1.77. The molecule has 1 saturated heterocycles. The Hall–Kier alpha value is -1.82. The molecule has 118 valence electrons. The molecule has 1 aliphatic rings. The maximum atomic E-state index is 4.91. The van der Waals surface area contributed by atoms with Crippen LogP contribution in [-0.4, -0.2) is 41.0 Å². The van der Waals surface area contributed by atoms with E-state index in [1.807, 2.05) is 12.3 Å². The SMILES string of the molecule is c1ccc(C(c2nc3ccccc3s2)N2CCCNCC2)nc1. The summed E-state index contributed by atoms with van der Waals surface area (Å²) < 4.78 is 1.25. The van der Waals surface area contributed by atoms with E-state index in [9.17, 15) is 0 Å². The molecule has 0 aliphatic carbocycles. The second kappa shape index (κ2) is 6.74. The van der Waals surface area contributed by atoms with Crippen molar-refractivity contribution in [3.63, 3.8) is 0 Å². The Morgan fingerprint density at radius 3 is 2.83 bits per heavy atom. The van der Waals surface area contributed by atoms with Crippen LogP contribution in [0.3, 0.4) is 0 Å². The average molecular weight is 324 g/mol. The second-order valence-electron chi connectivity index (χ2n) is 5.82. The number of aromatic nitrogens is 2. The molecule has 1 aliphatic heterocycles. The summed E-state index contributed by atoms with van der Waals surface area (Å²) in [5.41, 5.74) is 2.18. The predicted molar refractivity (Wildman–Crippen MR) is 94.8 cm³/mol. The minimum Gasteiger partial charge on any atom is -0.315 e. The monoisotopic (exact) mass is 324 g/mol. The molecular weight excluding hydrogens is 304 g/mol. The Labute approximate surface area is 140 Å². The molecule has 4 rings (SSSR count). The zero-order valence-electron chi connectivity index (χ0n) is 13.0. The van der Waals surface area contributed by atoms with Crippen LogP contribution in [0, 0.1) is 0 Å². The zero-order valence-corrected chi connectivity index (χ0v) is 13.8. The number of benzene rings is 1. The first-order valence-corrected chi connectivity index (χ1v) is 8.94. The smallest absolute Gasteiger partial charge is 0.117 e. The fraction of sp³-hybridized carbons (Fsp3) is 0.333. The third-order valence-electron chi connectivity index (χ3n) is 4.25. The summed E-state index contributed by atoms with van der Waals surface area (Å²) in [6.07, 6.45) is 3.04. The number of hydrogen-bond donors (Lipinski definition) is 1. The summed E-state index contributed by atoms with van der Waals surface area (Å²) in [6, 6.07) is 14.7. The third-order valence-corrected chi connectivity index (χ3v) is 5.34. The van der Waals surface area contributed by atoms with E-state index in [4.69, 9.17) is 4.98 Å². The molecule has 1 atom stereocenters. The van der Waals surface area contributed by atoms with Gasteiger partial charge < -0.3 is 5.32 Å². The average Bonchev–Trinajstić information content (AvgIpc) is 2.83. The minimum atomic E-state index is 0.147. The van der Waals surface area contributed by atoms with E-state index >= 15 is 0 Å². The standard InChI is InChI=1S/C18H20N4S/c1-2-8-16-14(6-1)21-18(23-16)17(15-7-3-4-10-20-15)22-12-5-9-19-11-13-22/h1-4,6-8,10,17,19H,5,9,11-13H2. The van der Waals surface area contributed by atoms with Crippen LogP contribution in [0.5, 0.6) is 0 Å². The van der Waals surface area contributed by atoms with Crippen molar-refractivity contribution in [1.82, 2.24) is 20.2 Å². The fourth-order valence-corrected chi connectivity index (χ4v) is 4.25. The lowest BCUT2D eigenvalue weighted by Crippen LogP contribution is -2.33. The van der Waals surface area contributed by atoms with Crippen LogP contribution in [0.4, 0.5) is 0 Å². The highest BCUT2D eigenvalue weighted by molar-refractivity contribution is 7.18. The molecule has 0 radical (unpaired) electrons. The highest BCUT2D eigenvalue weighted by Crippen LogP contribution is 2.33. The molecule has 1 aromatic carbocycles. The molecule has 3 aromatic rings. The number of nitrogens with zero attached hydrogens (tertiary/aromatic N) is 3. The molecule has 0 spiro atoms. The minimum absolute atomic E-state index is 0.147. The summed E-state index contributed by atoms with van der Waals surface area (Å²) in [5.74, 6) is 0. The van der Waals surface area contributed by atoms with Crippen LogP contribution in [0.15, 0.2) is 48.7 Å². The number of thiazole rings is 1. The highest BCUT2D eigenvalue weighted by atomic mass is 32.1. The summed E-state index contributed by atoms with van der Waals surface area (Å²) in [5, 5.41) is 4.63. The van der Waals surface area contributed by atoms with Crippen LogP contribution in [-0.2, 0) is 0 Å². The summed E-state index contributed by atoms with van der Waals surface area (Å²) >= 11 is 1.79. The third kappa shape index (κ3) is 3.13. The molecule has 1 N–H and O–H groups in total. The van der Waals surface area contributed by atoms with E-state index in [0.717, 1.165) is 48.8 Å². The molecule has 0 saturated carbocycles. The molecule has 23 heavy (non-hydrogen) atoms. The lowest BCUT2D eigenvalue weighted by atomic mass is 10.1. The quantitative estimate of drug-likeness (QED) is 0.804. The molecular formula is C18H20N4S. The van der Waals surface area contributed by atoms with Gasteiger partial charge in [-0.2, -0.15) is 0 Å². The van der Waals surface area contributed by atoms with Crippen LogP contribution < -0.4 is 5.32 Å². The lowest BCUT2D eigenvalue weighted by molar-refractivity contribution is 0.237. The van der Waals surface area contributed by atoms with E-state index in [0.29, 0.717) is 0 Å². The van der Waals surface area contributed by atoms with Gasteiger partial charge in [-0.25, -0.2) is 4.98 Å². The van der Waals surface area contributed by atoms with Gasteiger partial charge in [-0.15, -0.1) is 11.3 Å². The van der Waals surface area contributed by atoms with Crippen molar-refractivity contribution >= 4 is 21.6 Å². The summed E-state index contributed by atoms with van der Waals surface area (Å²) in [7, 11) is 0. The molecule has 3 heterocycles. The van der Waals surface area contributed by atoms with Gasteiger partial charge in [0, 0.05) is 25.8 Å². The number of nitrogens with one attached hydrogen (secondary N) is 1. The Morgan fingerprint density at radius 1 is 1.04 bits per heavy atom.